The molecule has 0 saturated carbocycles. The SMILES string of the molecule is COc1cccc(Cc2nsc(Oc3cc(C(=O)N4CCc5ccccc5C4)ccc3OC)n2)c1. The lowest BCUT2D eigenvalue weighted by molar-refractivity contribution is 0.0734. The molecule has 2 heterocycles. The van der Waals surface area contributed by atoms with Crippen LogP contribution in [0.1, 0.15) is 32.9 Å². The van der Waals surface area contributed by atoms with Crippen molar-refractivity contribution in [3.63, 3.8) is 0 Å². The molecule has 1 amide bonds. The molecule has 178 valence electrons. The zero-order valence-corrected chi connectivity index (χ0v) is 20.4. The Morgan fingerprint density at radius 2 is 1.83 bits per heavy atom. The molecule has 0 bridgehead atoms. The van der Waals surface area contributed by atoms with Crippen LogP contribution in [0.15, 0.2) is 66.7 Å². The zero-order chi connectivity index (χ0) is 24.2. The third-order valence-corrected chi connectivity index (χ3v) is 6.60. The summed E-state index contributed by atoms with van der Waals surface area (Å²) in [5.74, 6) is 2.35. The summed E-state index contributed by atoms with van der Waals surface area (Å²) in [5.41, 5.74) is 4.08. The fourth-order valence-electron chi connectivity index (χ4n) is 4.15. The highest BCUT2D eigenvalue weighted by atomic mass is 32.1. The van der Waals surface area contributed by atoms with Crippen LogP contribution in [0, 0.1) is 0 Å². The molecule has 0 saturated heterocycles. The standard InChI is InChI=1S/C27H25N3O4S/c1-32-22-9-5-6-18(14-22)15-25-28-27(35-29-25)34-24-16-20(10-11-23(24)33-2)26(31)30-13-12-19-7-3-4-8-21(19)17-30/h3-11,14,16H,12-13,15,17H2,1-2H3. The van der Waals surface area contributed by atoms with Crippen molar-refractivity contribution in [1.82, 2.24) is 14.3 Å². The normalized spacial score (nSPS) is 12.7. The highest BCUT2D eigenvalue weighted by Crippen LogP contribution is 2.34. The van der Waals surface area contributed by atoms with Crippen molar-refractivity contribution in [3.05, 3.63) is 94.8 Å². The van der Waals surface area contributed by atoms with Gasteiger partial charge in [0, 0.05) is 36.6 Å². The monoisotopic (exact) mass is 487 g/mol. The maximum atomic E-state index is 13.3. The topological polar surface area (TPSA) is 73.8 Å². The van der Waals surface area contributed by atoms with Crippen molar-refractivity contribution >= 4 is 17.4 Å². The molecule has 5 rings (SSSR count). The second kappa shape index (κ2) is 10.1. The van der Waals surface area contributed by atoms with Crippen molar-refractivity contribution in [1.29, 1.82) is 0 Å². The number of nitrogens with zero attached hydrogens (tertiary/aromatic N) is 3. The van der Waals surface area contributed by atoms with Crippen LogP contribution in [-0.2, 0) is 19.4 Å². The summed E-state index contributed by atoms with van der Waals surface area (Å²) in [6.07, 6.45) is 1.41. The fraction of sp³-hybridized carbons (Fsp3) is 0.222. The molecule has 0 N–H and O–H groups in total. The van der Waals surface area contributed by atoms with Gasteiger partial charge in [-0.25, -0.2) is 0 Å². The van der Waals surface area contributed by atoms with E-state index in [2.05, 4.69) is 21.5 Å². The summed E-state index contributed by atoms with van der Waals surface area (Å²) in [7, 11) is 3.21. The smallest absolute Gasteiger partial charge is 0.298 e. The summed E-state index contributed by atoms with van der Waals surface area (Å²) >= 11 is 1.16. The van der Waals surface area contributed by atoms with Gasteiger partial charge in [-0.3, -0.25) is 4.79 Å². The van der Waals surface area contributed by atoms with Crippen LogP contribution < -0.4 is 14.2 Å². The van der Waals surface area contributed by atoms with E-state index in [9.17, 15) is 4.79 Å². The second-order valence-corrected chi connectivity index (χ2v) is 8.93. The Labute approximate surface area is 208 Å². The first-order valence-corrected chi connectivity index (χ1v) is 12.1. The first-order chi connectivity index (χ1) is 17.1. The second-order valence-electron chi connectivity index (χ2n) is 8.22. The average molecular weight is 488 g/mol. The Morgan fingerprint density at radius 3 is 2.66 bits per heavy atom. The van der Waals surface area contributed by atoms with Crippen LogP contribution in [0.2, 0.25) is 0 Å². The molecule has 3 aromatic carbocycles. The third kappa shape index (κ3) is 5.12. The average Bonchev–Trinajstić information content (AvgIpc) is 3.34. The van der Waals surface area contributed by atoms with Crippen LogP contribution in [0.25, 0.3) is 0 Å². The summed E-state index contributed by atoms with van der Waals surface area (Å²) in [4.78, 5) is 19.6. The van der Waals surface area contributed by atoms with Gasteiger partial charge in [-0.2, -0.15) is 9.36 Å². The zero-order valence-electron chi connectivity index (χ0n) is 19.6. The van der Waals surface area contributed by atoms with Gasteiger partial charge in [-0.1, -0.05) is 36.4 Å². The number of aromatic nitrogens is 2. The van der Waals surface area contributed by atoms with Crippen molar-refractivity contribution in [2.24, 2.45) is 0 Å². The minimum atomic E-state index is -0.0389. The number of carbonyl (C=O) groups is 1. The summed E-state index contributed by atoms with van der Waals surface area (Å²) in [6, 6.07) is 21.3. The van der Waals surface area contributed by atoms with E-state index in [1.807, 2.05) is 41.3 Å². The van der Waals surface area contributed by atoms with Gasteiger partial charge in [0.15, 0.2) is 17.3 Å². The number of methoxy groups -OCH3 is 2. The quantitative estimate of drug-likeness (QED) is 0.360. The first-order valence-electron chi connectivity index (χ1n) is 11.3. The Morgan fingerprint density at radius 1 is 0.971 bits per heavy atom. The number of fused-ring (bicyclic) bond motifs is 1. The fourth-order valence-corrected chi connectivity index (χ4v) is 4.71. The molecule has 0 spiro atoms. The predicted octanol–water partition coefficient (Wildman–Crippen LogP) is 5.14. The summed E-state index contributed by atoms with van der Waals surface area (Å²) in [6.45, 7) is 1.28. The molecule has 35 heavy (non-hydrogen) atoms. The maximum absolute atomic E-state index is 13.3. The van der Waals surface area contributed by atoms with Crippen molar-refractivity contribution < 1.29 is 19.0 Å². The van der Waals surface area contributed by atoms with Gasteiger partial charge >= 0.3 is 0 Å². The molecule has 7 nitrogen and oxygen atoms in total. The molecular weight excluding hydrogens is 462 g/mol. The highest BCUT2D eigenvalue weighted by molar-refractivity contribution is 7.07. The van der Waals surface area contributed by atoms with Gasteiger partial charge in [-0.05, 0) is 53.4 Å². The first kappa shape index (κ1) is 22.9. The van der Waals surface area contributed by atoms with Crippen molar-refractivity contribution in [2.75, 3.05) is 20.8 Å². The minimum absolute atomic E-state index is 0.0389. The van der Waals surface area contributed by atoms with Crippen LogP contribution in [-0.4, -0.2) is 40.9 Å². The van der Waals surface area contributed by atoms with Gasteiger partial charge in [0.05, 0.1) is 14.2 Å². The van der Waals surface area contributed by atoms with E-state index in [0.29, 0.717) is 47.6 Å². The van der Waals surface area contributed by atoms with E-state index >= 15 is 0 Å². The highest BCUT2D eigenvalue weighted by Gasteiger charge is 2.23. The van der Waals surface area contributed by atoms with Gasteiger partial charge in [0.2, 0.25) is 0 Å². The molecule has 8 heteroatoms. The molecule has 1 aliphatic heterocycles. The number of amides is 1. The van der Waals surface area contributed by atoms with Gasteiger partial charge in [0.1, 0.15) is 5.75 Å². The molecule has 0 radical (unpaired) electrons. The van der Waals surface area contributed by atoms with E-state index in [4.69, 9.17) is 14.2 Å². The van der Waals surface area contributed by atoms with Crippen LogP contribution in [0.5, 0.6) is 22.4 Å². The van der Waals surface area contributed by atoms with Gasteiger partial charge < -0.3 is 19.1 Å². The van der Waals surface area contributed by atoms with E-state index in [1.54, 1.807) is 32.4 Å². The molecule has 0 aliphatic carbocycles. The lowest BCUT2D eigenvalue weighted by Gasteiger charge is -2.29. The van der Waals surface area contributed by atoms with E-state index in [-0.39, 0.29) is 5.91 Å². The van der Waals surface area contributed by atoms with Gasteiger partial charge in [-0.15, -0.1) is 0 Å². The Kier molecular flexibility index (Phi) is 6.63. The number of benzene rings is 3. The third-order valence-electron chi connectivity index (χ3n) is 5.97. The van der Waals surface area contributed by atoms with E-state index in [1.165, 1.54) is 11.1 Å². The van der Waals surface area contributed by atoms with E-state index in [0.717, 1.165) is 29.3 Å². The van der Waals surface area contributed by atoms with Crippen molar-refractivity contribution in [3.8, 4) is 22.4 Å². The van der Waals surface area contributed by atoms with E-state index < -0.39 is 0 Å². The summed E-state index contributed by atoms with van der Waals surface area (Å²) < 4.78 is 21.2. The number of hydrogen-bond acceptors (Lipinski definition) is 7. The molecule has 0 unspecified atom stereocenters. The molecule has 1 aliphatic rings. The molecular formula is C27H25N3O4S. The van der Waals surface area contributed by atoms with Crippen LogP contribution >= 0.6 is 11.5 Å². The molecule has 4 aromatic rings. The summed E-state index contributed by atoms with van der Waals surface area (Å²) in [5, 5.41) is 0.387. The molecule has 0 fully saturated rings. The number of carbonyl (C=O) groups excluding carboxylic acids is 1. The minimum Gasteiger partial charge on any atom is -0.497 e. The lowest BCUT2D eigenvalue weighted by Crippen LogP contribution is -2.35. The Hall–Kier alpha value is -3.91. The van der Waals surface area contributed by atoms with Gasteiger partial charge in [0.25, 0.3) is 11.1 Å². The molecule has 0 atom stereocenters. The van der Waals surface area contributed by atoms with Crippen LogP contribution in [0.3, 0.4) is 0 Å². The Bertz CT molecular complexity index is 1350. The Balaban J connectivity index is 1.32. The maximum Gasteiger partial charge on any atom is 0.298 e. The largest absolute Gasteiger partial charge is 0.497 e. The number of rotatable bonds is 7. The van der Waals surface area contributed by atoms with Crippen LogP contribution in [0.4, 0.5) is 0 Å². The van der Waals surface area contributed by atoms with Crippen molar-refractivity contribution in [2.45, 2.75) is 19.4 Å². The number of ether oxygens (including phenoxy) is 3. The molecule has 1 aromatic heterocycles. The number of hydrogen-bond donors (Lipinski definition) is 0. The lowest BCUT2D eigenvalue weighted by atomic mass is 9.99. The predicted molar refractivity (Wildman–Crippen MR) is 134 cm³/mol.